The number of benzene rings is 2. The Morgan fingerprint density at radius 1 is 1.07 bits per heavy atom. The van der Waals surface area contributed by atoms with Crippen LogP contribution >= 0.6 is 12.4 Å². The van der Waals surface area contributed by atoms with Gasteiger partial charge in [-0.05, 0) is 49.7 Å². The van der Waals surface area contributed by atoms with Crippen LogP contribution in [0.25, 0.3) is 0 Å². The van der Waals surface area contributed by atoms with Gasteiger partial charge in [-0.3, -0.25) is 9.59 Å². The quantitative estimate of drug-likeness (QED) is 0.769. The summed E-state index contributed by atoms with van der Waals surface area (Å²) in [6.07, 6.45) is 0.0819. The van der Waals surface area contributed by atoms with Crippen molar-refractivity contribution in [2.45, 2.75) is 32.6 Å². The molecule has 2 aromatic carbocycles. The smallest absolute Gasteiger partial charge is 0.254 e. The average molecular weight is 404 g/mol. The normalized spacial score (nSPS) is 18.9. The molecule has 0 aromatic heterocycles. The van der Waals surface area contributed by atoms with Gasteiger partial charge in [0, 0.05) is 36.4 Å². The molecule has 7 heteroatoms. The van der Waals surface area contributed by atoms with E-state index in [0.29, 0.717) is 36.4 Å². The predicted octanol–water partition coefficient (Wildman–Crippen LogP) is 2.87. The predicted molar refractivity (Wildman–Crippen MR) is 112 cm³/mol. The van der Waals surface area contributed by atoms with Gasteiger partial charge < -0.3 is 20.7 Å². The monoisotopic (exact) mass is 403 g/mol. The molecule has 2 aromatic rings. The van der Waals surface area contributed by atoms with Gasteiger partial charge in [0.05, 0.1) is 12.2 Å². The molecule has 1 aliphatic rings. The highest BCUT2D eigenvalue weighted by Gasteiger charge is 2.26. The van der Waals surface area contributed by atoms with Crippen LogP contribution in [0.4, 0.5) is 5.69 Å². The van der Waals surface area contributed by atoms with Crippen LogP contribution in [0.3, 0.4) is 0 Å². The van der Waals surface area contributed by atoms with Crippen molar-refractivity contribution in [1.29, 1.82) is 0 Å². The molecule has 0 spiro atoms. The number of anilines is 1. The fourth-order valence-electron chi connectivity index (χ4n) is 3.26. The van der Waals surface area contributed by atoms with Crippen LogP contribution in [0.1, 0.15) is 40.1 Å². The van der Waals surface area contributed by atoms with Crippen molar-refractivity contribution in [2.24, 2.45) is 0 Å². The maximum absolute atomic E-state index is 12.7. The summed E-state index contributed by atoms with van der Waals surface area (Å²) in [6.45, 7) is 5.53. The highest BCUT2D eigenvalue weighted by atomic mass is 35.5. The molecule has 1 heterocycles. The third kappa shape index (κ3) is 5.47. The van der Waals surface area contributed by atoms with Crippen molar-refractivity contribution in [2.75, 3.05) is 18.8 Å². The Morgan fingerprint density at radius 3 is 2.32 bits per heavy atom. The van der Waals surface area contributed by atoms with Crippen molar-refractivity contribution in [3.05, 3.63) is 65.2 Å². The number of nitrogens with two attached hydrogens (primary N) is 1. The minimum atomic E-state index is -0.182. The van der Waals surface area contributed by atoms with E-state index in [1.165, 1.54) is 0 Å². The first-order valence-corrected chi connectivity index (χ1v) is 9.10. The first-order valence-electron chi connectivity index (χ1n) is 9.10. The molecular formula is C21H26ClN3O3. The van der Waals surface area contributed by atoms with Gasteiger partial charge in [-0.25, -0.2) is 0 Å². The molecule has 1 fully saturated rings. The Morgan fingerprint density at radius 2 is 1.71 bits per heavy atom. The number of hydrogen-bond donors (Lipinski definition) is 2. The number of carbonyl (C=O) groups is 2. The second-order valence-corrected chi connectivity index (χ2v) is 6.97. The van der Waals surface area contributed by atoms with E-state index < -0.39 is 0 Å². The van der Waals surface area contributed by atoms with Crippen molar-refractivity contribution in [3.8, 4) is 0 Å². The molecule has 0 saturated carbocycles. The number of nitrogen functional groups attached to an aromatic ring is 1. The molecule has 150 valence electrons. The molecule has 2 unspecified atom stereocenters. The zero-order valence-corrected chi connectivity index (χ0v) is 16.9. The van der Waals surface area contributed by atoms with E-state index in [2.05, 4.69) is 5.32 Å². The summed E-state index contributed by atoms with van der Waals surface area (Å²) in [5, 5.41) is 2.86. The van der Waals surface area contributed by atoms with Crippen molar-refractivity contribution >= 4 is 29.9 Å². The van der Waals surface area contributed by atoms with Gasteiger partial charge in [0.1, 0.15) is 0 Å². The summed E-state index contributed by atoms with van der Waals surface area (Å²) in [5.74, 6) is -0.175. The maximum Gasteiger partial charge on any atom is 0.254 e. The van der Waals surface area contributed by atoms with E-state index in [0.717, 1.165) is 5.56 Å². The number of rotatable bonds is 4. The first-order chi connectivity index (χ1) is 12.9. The number of morpholine rings is 1. The number of carbonyl (C=O) groups excluding carboxylic acids is 2. The van der Waals surface area contributed by atoms with Gasteiger partial charge in [0.15, 0.2) is 0 Å². The lowest BCUT2D eigenvalue weighted by Gasteiger charge is -2.35. The molecule has 2 amide bonds. The zero-order valence-electron chi connectivity index (χ0n) is 16.1. The van der Waals surface area contributed by atoms with Crippen LogP contribution < -0.4 is 11.1 Å². The highest BCUT2D eigenvalue weighted by Crippen LogP contribution is 2.15. The summed E-state index contributed by atoms with van der Waals surface area (Å²) >= 11 is 0. The molecule has 6 nitrogen and oxygen atoms in total. The minimum Gasteiger partial charge on any atom is -0.399 e. The molecule has 1 saturated heterocycles. The lowest BCUT2D eigenvalue weighted by atomic mass is 10.1. The average Bonchev–Trinajstić information content (AvgIpc) is 2.65. The third-order valence-electron chi connectivity index (χ3n) is 4.51. The largest absolute Gasteiger partial charge is 0.399 e. The van der Waals surface area contributed by atoms with Gasteiger partial charge in [-0.2, -0.15) is 0 Å². The van der Waals surface area contributed by atoms with Gasteiger partial charge in [0.25, 0.3) is 11.8 Å². The lowest BCUT2D eigenvalue weighted by Crippen LogP contribution is -2.48. The standard InChI is InChI=1S/C21H25N3O3.ClH/c1-14-12-24(13-15(2)27-14)21(26)17-8-6-16(7-9-17)11-23-20(25)18-4-3-5-19(22)10-18;/h3-10,14-15H,11-13,22H2,1-2H3,(H,23,25);1H. The van der Waals surface area contributed by atoms with E-state index >= 15 is 0 Å². The topological polar surface area (TPSA) is 84.7 Å². The van der Waals surface area contributed by atoms with Crippen LogP contribution in [0, 0.1) is 0 Å². The Bertz CT molecular complexity index is 816. The van der Waals surface area contributed by atoms with Crippen molar-refractivity contribution in [3.63, 3.8) is 0 Å². The zero-order chi connectivity index (χ0) is 19.4. The molecule has 0 bridgehead atoms. The van der Waals surface area contributed by atoms with Crippen molar-refractivity contribution in [1.82, 2.24) is 10.2 Å². The van der Waals surface area contributed by atoms with E-state index in [1.807, 2.05) is 30.9 Å². The number of nitrogens with one attached hydrogen (secondary N) is 1. The molecule has 1 aliphatic heterocycles. The summed E-state index contributed by atoms with van der Waals surface area (Å²) < 4.78 is 5.68. The van der Waals surface area contributed by atoms with Gasteiger partial charge in [0.2, 0.25) is 0 Å². The lowest BCUT2D eigenvalue weighted by molar-refractivity contribution is -0.0586. The SMILES string of the molecule is CC1CN(C(=O)c2ccc(CNC(=O)c3cccc(N)c3)cc2)CC(C)O1.Cl. The molecule has 3 N–H and O–H groups in total. The molecule has 2 atom stereocenters. The fourth-order valence-corrected chi connectivity index (χ4v) is 3.26. The fraction of sp³-hybridized carbons (Fsp3) is 0.333. The number of halogens is 1. The second-order valence-electron chi connectivity index (χ2n) is 6.97. The maximum atomic E-state index is 12.7. The molecule has 0 radical (unpaired) electrons. The molecule has 28 heavy (non-hydrogen) atoms. The Labute approximate surface area is 171 Å². The van der Waals surface area contributed by atoms with E-state index in [1.54, 1.807) is 36.4 Å². The summed E-state index contributed by atoms with van der Waals surface area (Å²) in [4.78, 5) is 26.7. The number of nitrogens with zero attached hydrogens (tertiary/aromatic N) is 1. The highest BCUT2D eigenvalue weighted by molar-refractivity contribution is 5.95. The summed E-state index contributed by atoms with van der Waals surface area (Å²) in [7, 11) is 0. The summed E-state index contributed by atoms with van der Waals surface area (Å²) in [5.41, 5.74) is 8.35. The summed E-state index contributed by atoms with van der Waals surface area (Å²) in [6, 6.07) is 14.2. The molecule has 0 aliphatic carbocycles. The van der Waals surface area contributed by atoms with Crippen LogP contribution in [0.15, 0.2) is 48.5 Å². The van der Waals surface area contributed by atoms with E-state index in [4.69, 9.17) is 10.5 Å². The first kappa shape index (κ1) is 21.7. The van der Waals surface area contributed by atoms with E-state index in [-0.39, 0.29) is 36.4 Å². The van der Waals surface area contributed by atoms with Crippen LogP contribution in [-0.2, 0) is 11.3 Å². The van der Waals surface area contributed by atoms with Crippen molar-refractivity contribution < 1.29 is 14.3 Å². The van der Waals surface area contributed by atoms with Crippen LogP contribution in [-0.4, -0.2) is 42.0 Å². The van der Waals surface area contributed by atoms with Crippen LogP contribution in [0.2, 0.25) is 0 Å². The third-order valence-corrected chi connectivity index (χ3v) is 4.51. The van der Waals surface area contributed by atoms with Gasteiger partial charge in [-0.15, -0.1) is 12.4 Å². The molecular weight excluding hydrogens is 378 g/mol. The Hall–Kier alpha value is -2.57. The Balaban J connectivity index is 0.00000280. The second kappa shape index (κ2) is 9.57. The number of ether oxygens (including phenoxy) is 1. The number of hydrogen-bond acceptors (Lipinski definition) is 4. The van der Waals surface area contributed by atoms with Crippen LogP contribution in [0.5, 0.6) is 0 Å². The van der Waals surface area contributed by atoms with E-state index in [9.17, 15) is 9.59 Å². The number of amides is 2. The van der Waals surface area contributed by atoms with Gasteiger partial charge in [-0.1, -0.05) is 18.2 Å². The Kier molecular flexibility index (Phi) is 7.43. The molecule has 3 rings (SSSR count). The minimum absolute atomic E-state index is 0. The van der Waals surface area contributed by atoms with Gasteiger partial charge >= 0.3 is 0 Å².